The SMILES string of the molecule is O=C1CCC(c2nc(-c3cccs3)no2)N1Cc1c(F)cccc1F. The molecular formula is C17H13F2N3O2S. The van der Waals surface area contributed by atoms with E-state index in [0.29, 0.717) is 12.2 Å². The van der Waals surface area contributed by atoms with Crippen LogP contribution < -0.4 is 0 Å². The van der Waals surface area contributed by atoms with E-state index in [4.69, 9.17) is 4.52 Å². The Morgan fingerprint density at radius 1 is 1.24 bits per heavy atom. The molecule has 5 nitrogen and oxygen atoms in total. The summed E-state index contributed by atoms with van der Waals surface area (Å²) in [4.78, 5) is 18.8. The molecule has 0 aliphatic carbocycles. The maximum Gasteiger partial charge on any atom is 0.249 e. The molecule has 25 heavy (non-hydrogen) atoms. The van der Waals surface area contributed by atoms with Gasteiger partial charge >= 0.3 is 0 Å². The zero-order chi connectivity index (χ0) is 17.4. The van der Waals surface area contributed by atoms with Gasteiger partial charge in [-0.15, -0.1) is 11.3 Å². The molecule has 1 aliphatic rings. The number of amides is 1. The molecule has 0 radical (unpaired) electrons. The van der Waals surface area contributed by atoms with E-state index in [-0.39, 0.29) is 30.3 Å². The highest BCUT2D eigenvalue weighted by atomic mass is 32.1. The Labute approximate surface area is 145 Å². The van der Waals surface area contributed by atoms with Crippen molar-refractivity contribution in [2.24, 2.45) is 0 Å². The van der Waals surface area contributed by atoms with Crippen LogP contribution in [0.2, 0.25) is 0 Å². The summed E-state index contributed by atoms with van der Waals surface area (Å²) in [6.07, 6.45) is 0.748. The maximum atomic E-state index is 13.9. The van der Waals surface area contributed by atoms with Crippen LogP contribution >= 0.6 is 11.3 Å². The zero-order valence-electron chi connectivity index (χ0n) is 13.0. The first-order chi connectivity index (χ1) is 12.1. The van der Waals surface area contributed by atoms with Crippen molar-refractivity contribution in [2.45, 2.75) is 25.4 Å². The average Bonchev–Trinajstić information content (AvgIpc) is 3.32. The largest absolute Gasteiger partial charge is 0.337 e. The third-order valence-electron chi connectivity index (χ3n) is 4.19. The molecule has 3 aromatic rings. The Hall–Kier alpha value is -2.61. The Morgan fingerprint density at radius 3 is 2.76 bits per heavy atom. The van der Waals surface area contributed by atoms with Crippen LogP contribution in [-0.2, 0) is 11.3 Å². The van der Waals surface area contributed by atoms with Crippen LogP contribution in [0.5, 0.6) is 0 Å². The van der Waals surface area contributed by atoms with Gasteiger partial charge in [0, 0.05) is 12.0 Å². The molecule has 128 valence electrons. The number of carbonyl (C=O) groups is 1. The van der Waals surface area contributed by atoms with Crippen LogP contribution in [0.3, 0.4) is 0 Å². The number of likely N-dealkylation sites (tertiary alicyclic amines) is 1. The lowest BCUT2D eigenvalue weighted by Gasteiger charge is -2.22. The number of halogens is 2. The molecule has 1 aliphatic heterocycles. The Kier molecular flexibility index (Phi) is 4.04. The number of hydrogen-bond acceptors (Lipinski definition) is 5. The number of rotatable bonds is 4. The predicted molar refractivity (Wildman–Crippen MR) is 86.5 cm³/mol. The molecule has 1 saturated heterocycles. The maximum absolute atomic E-state index is 13.9. The van der Waals surface area contributed by atoms with E-state index in [0.717, 1.165) is 4.88 Å². The van der Waals surface area contributed by atoms with Gasteiger partial charge in [0.25, 0.3) is 0 Å². The molecule has 0 N–H and O–H groups in total. The van der Waals surface area contributed by atoms with Gasteiger partial charge in [-0.25, -0.2) is 8.78 Å². The highest BCUT2D eigenvalue weighted by Gasteiger charge is 2.37. The van der Waals surface area contributed by atoms with Crippen LogP contribution in [0.4, 0.5) is 8.78 Å². The topological polar surface area (TPSA) is 59.2 Å². The van der Waals surface area contributed by atoms with E-state index >= 15 is 0 Å². The van der Waals surface area contributed by atoms with E-state index in [2.05, 4.69) is 10.1 Å². The molecule has 4 rings (SSSR count). The molecule has 1 amide bonds. The van der Waals surface area contributed by atoms with Crippen LogP contribution in [-0.4, -0.2) is 20.9 Å². The van der Waals surface area contributed by atoms with Gasteiger partial charge in [0.05, 0.1) is 11.4 Å². The molecule has 2 aromatic heterocycles. The molecule has 1 atom stereocenters. The zero-order valence-corrected chi connectivity index (χ0v) is 13.8. The monoisotopic (exact) mass is 361 g/mol. The molecule has 1 aromatic carbocycles. The second kappa shape index (κ2) is 6.36. The van der Waals surface area contributed by atoms with Gasteiger partial charge in [-0.1, -0.05) is 17.3 Å². The minimum absolute atomic E-state index is 0.138. The van der Waals surface area contributed by atoms with Gasteiger partial charge in [-0.3, -0.25) is 4.79 Å². The van der Waals surface area contributed by atoms with Gasteiger partial charge in [-0.05, 0) is 30.0 Å². The first-order valence-electron chi connectivity index (χ1n) is 7.73. The van der Waals surface area contributed by atoms with Crippen molar-refractivity contribution in [3.8, 4) is 10.7 Å². The molecule has 8 heteroatoms. The van der Waals surface area contributed by atoms with Crippen molar-refractivity contribution in [3.05, 3.63) is 58.8 Å². The van der Waals surface area contributed by atoms with Crippen molar-refractivity contribution in [1.29, 1.82) is 0 Å². The molecule has 3 heterocycles. The van der Waals surface area contributed by atoms with Crippen LogP contribution in [0.15, 0.2) is 40.2 Å². The van der Waals surface area contributed by atoms with Crippen LogP contribution in [0, 0.1) is 11.6 Å². The van der Waals surface area contributed by atoms with Gasteiger partial charge in [-0.2, -0.15) is 4.98 Å². The Morgan fingerprint density at radius 2 is 2.04 bits per heavy atom. The summed E-state index contributed by atoms with van der Waals surface area (Å²) in [7, 11) is 0. The van der Waals surface area contributed by atoms with E-state index in [1.54, 1.807) is 0 Å². The predicted octanol–water partition coefficient (Wildman–Crippen LogP) is 3.94. The number of carbonyl (C=O) groups excluding carboxylic acids is 1. The summed E-state index contributed by atoms with van der Waals surface area (Å²) in [5.41, 5.74) is -0.138. The van der Waals surface area contributed by atoms with E-state index in [1.165, 1.54) is 34.4 Å². The smallest absolute Gasteiger partial charge is 0.249 e. The summed E-state index contributed by atoms with van der Waals surface area (Å²) < 4.78 is 33.2. The first-order valence-corrected chi connectivity index (χ1v) is 8.61. The van der Waals surface area contributed by atoms with Crippen molar-refractivity contribution >= 4 is 17.2 Å². The third kappa shape index (κ3) is 2.93. The fourth-order valence-electron chi connectivity index (χ4n) is 2.92. The average molecular weight is 361 g/mol. The van der Waals surface area contributed by atoms with E-state index in [9.17, 15) is 13.6 Å². The number of aromatic nitrogens is 2. The van der Waals surface area contributed by atoms with Crippen molar-refractivity contribution in [1.82, 2.24) is 15.0 Å². The lowest BCUT2D eigenvalue weighted by Crippen LogP contribution is -2.28. The summed E-state index contributed by atoms with van der Waals surface area (Å²) >= 11 is 1.48. The second-order valence-electron chi connectivity index (χ2n) is 5.71. The molecule has 0 bridgehead atoms. The molecular weight excluding hydrogens is 348 g/mol. The van der Waals surface area contributed by atoms with Crippen molar-refractivity contribution in [3.63, 3.8) is 0 Å². The lowest BCUT2D eigenvalue weighted by molar-refractivity contribution is -0.130. The van der Waals surface area contributed by atoms with Crippen molar-refractivity contribution < 1.29 is 18.1 Å². The van der Waals surface area contributed by atoms with Gasteiger partial charge < -0.3 is 9.42 Å². The van der Waals surface area contributed by atoms with Gasteiger partial charge in [0.2, 0.25) is 17.6 Å². The van der Waals surface area contributed by atoms with E-state index in [1.807, 2.05) is 17.5 Å². The second-order valence-corrected chi connectivity index (χ2v) is 6.66. The Balaban J connectivity index is 1.62. The fourth-order valence-corrected chi connectivity index (χ4v) is 3.57. The van der Waals surface area contributed by atoms with Crippen LogP contribution in [0.1, 0.15) is 30.3 Å². The highest BCUT2D eigenvalue weighted by molar-refractivity contribution is 7.13. The molecule has 0 spiro atoms. The van der Waals surface area contributed by atoms with Crippen molar-refractivity contribution in [2.75, 3.05) is 0 Å². The first kappa shape index (κ1) is 15.9. The quantitative estimate of drug-likeness (QED) is 0.706. The summed E-state index contributed by atoms with van der Waals surface area (Å²) in [5.74, 6) is -0.817. The molecule has 1 fully saturated rings. The molecule has 1 unspecified atom stereocenters. The standard InChI is InChI=1S/C17H13F2N3O2S/c18-11-3-1-4-12(19)10(11)9-22-13(6-7-15(22)23)17-20-16(21-24-17)14-5-2-8-25-14/h1-5,8,13H,6-7,9H2. The number of nitrogens with zero attached hydrogens (tertiary/aromatic N) is 3. The minimum atomic E-state index is -0.678. The highest BCUT2D eigenvalue weighted by Crippen LogP contribution is 2.35. The number of benzene rings is 1. The lowest BCUT2D eigenvalue weighted by atomic mass is 10.1. The third-order valence-corrected chi connectivity index (χ3v) is 5.05. The van der Waals surface area contributed by atoms with Gasteiger partial charge in [0.15, 0.2) is 0 Å². The number of hydrogen-bond donors (Lipinski definition) is 0. The molecule has 0 saturated carbocycles. The summed E-state index contributed by atoms with van der Waals surface area (Å²) in [5, 5.41) is 5.84. The number of thiophene rings is 1. The van der Waals surface area contributed by atoms with Gasteiger partial charge in [0.1, 0.15) is 17.7 Å². The van der Waals surface area contributed by atoms with Crippen LogP contribution in [0.25, 0.3) is 10.7 Å². The fraction of sp³-hybridized carbons (Fsp3) is 0.235. The Bertz CT molecular complexity index is 890. The minimum Gasteiger partial charge on any atom is -0.337 e. The summed E-state index contributed by atoms with van der Waals surface area (Å²) in [6.45, 7) is -0.168. The summed E-state index contributed by atoms with van der Waals surface area (Å²) in [6, 6.07) is 6.91. The van der Waals surface area contributed by atoms with E-state index < -0.39 is 17.7 Å². The normalized spacial score (nSPS) is 17.4.